The highest BCUT2D eigenvalue weighted by Crippen LogP contribution is 2.61. The summed E-state index contributed by atoms with van der Waals surface area (Å²) in [6.07, 6.45) is 8.07. The van der Waals surface area contributed by atoms with Crippen molar-refractivity contribution in [3.8, 4) is 0 Å². The van der Waals surface area contributed by atoms with E-state index in [-0.39, 0.29) is 11.2 Å². The van der Waals surface area contributed by atoms with Gasteiger partial charge in [0.1, 0.15) is 6.29 Å². The van der Waals surface area contributed by atoms with Gasteiger partial charge in [-0.1, -0.05) is 0 Å². The van der Waals surface area contributed by atoms with E-state index in [2.05, 4.69) is 0 Å². The molecule has 0 aromatic heterocycles. The Morgan fingerprint density at radius 1 is 1.06 bits per heavy atom. The third-order valence-corrected chi connectivity index (χ3v) is 5.40. The van der Waals surface area contributed by atoms with Crippen LogP contribution in [0.3, 0.4) is 0 Å². The molecule has 0 atom stereocenters. The lowest BCUT2D eigenvalue weighted by Gasteiger charge is -2.57. The second kappa shape index (κ2) is 3.43. The molecule has 0 heterocycles. The molecule has 0 radical (unpaired) electrons. The fraction of sp³-hybridized carbons (Fsp3) is 0.867. The van der Waals surface area contributed by atoms with Gasteiger partial charge in [-0.15, -0.1) is 0 Å². The molecule has 0 spiro atoms. The van der Waals surface area contributed by atoms with Crippen molar-refractivity contribution >= 4 is 12.1 Å². The van der Waals surface area contributed by atoms with E-state index in [1.165, 1.54) is 19.3 Å². The van der Waals surface area contributed by atoms with Gasteiger partial charge >= 0.3 is 0 Å². The summed E-state index contributed by atoms with van der Waals surface area (Å²) in [5.74, 6) is 2.55. The summed E-state index contributed by atoms with van der Waals surface area (Å²) < 4.78 is 0. The molecule has 0 saturated heterocycles. The minimum atomic E-state index is -0.772. The molecule has 0 aliphatic heterocycles. The molecule has 4 bridgehead atoms. The molecule has 2 nitrogen and oxygen atoms in total. The lowest BCUT2D eigenvalue weighted by Crippen LogP contribution is -2.53. The highest BCUT2D eigenvalue weighted by Gasteiger charge is 2.56. The van der Waals surface area contributed by atoms with E-state index in [0.717, 1.165) is 43.3 Å². The van der Waals surface area contributed by atoms with Crippen LogP contribution >= 0.6 is 0 Å². The first-order valence-electron chi connectivity index (χ1n) is 6.96. The number of Topliss-reactive ketones (excluding diaryl/α,β-unsaturated/α-hetero) is 1. The Morgan fingerprint density at radius 3 is 1.82 bits per heavy atom. The SMILES string of the molecule is CC(C)(C=O)C(=O)C12CC3CC(CC(C3)C1)C2. The molecule has 94 valence electrons. The molecular formula is C15H22O2. The monoisotopic (exact) mass is 234 g/mol. The van der Waals surface area contributed by atoms with E-state index in [0.29, 0.717) is 0 Å². The van der Waals surface area contributed by atoms with Crippen LogP contribution in [-0.2, 0) is 9.59 Å². The highest BCUT2D eigenvalue weighted by molar-refractivity contribution is 6.01. The van der Waals surface area contributed by atoms with Gasteiger partial charge in [0, 0.05) is 5.41 Å². The lowest BCUT2D eigenvalue weighted by molar-refractivity contribution is -0.154. The first-order valence-corrected chi connectivity index (χ1v) is 6.96. The maximum absolute atomic E-state index is 12.7. The average Bonchev–Trinajstić information content (AvgIpc) is 2.26. The zero-order valence-corrected chi connectivity index (χ0v) is 10.9. The Morgan fingerprint density at radius 2 is 1.47 bits per heavy atom. The van der Waals surface area contributed by atoms with E-state index in [1.807, 2.05) is 0 Å². The molecule has 4 rings (SSSR count). The van der Waals surface area contributed by atoms with E-state index in [9.17, 15) is 9.59 Å². The maximum Gasteiger partial charge on any atom is 0.151 e. The van der Waals surface area contributed by atoms with Crippen LogP contribution < -0.4 is 0 Å². The normalized spacial score (nSPS) is 43.8. The number of carbonyl (C=O) groups is 2. The zero-order valence-electron chi connectivity index (χ0n) is 10.9. The van der Waals surface area contributed by atoms with Crippen LogP contribution in [-0.4, -0.2) is 12.1 Å². The van der Waals surface area contributed by atoms with Crippen LogP contribution in [0, 0.1) is 28.6 Å². The maximum atomic E-state index is 12.7. The van der Waals surface area contributed by atoms with Gasteiger partial charge in [0.2, 0.25) is 0 Å². The number of carbonyl (C=O) groups excluding carboxylic acids is 2. The Kier molecular flexibility index (Phi) is 2.30. The van der Waals surface area contributed by atoms with Gasteiger partial charge < -0.3 is 4.79 Å². The first-order chi connectivity index (χ1) is 7.95. The molecule has 2 heteroatoms. The fourth-order valence-electron chi connectivity index (χ4n) is 5.13. The zero-order chi connectivity index (χ0) is 12.3. The minimum absolute atomic E-state index is 0.126. The molecule has 0 aromatic carbocycles. The topological polar surface area (TPSA) is 34.1 Å². The van der Waals surface area contributed by atoms with Crippen LogP contribution in [0.1, 0.15) is 52.4 Å². The molecule has 4 fully saturated rings. The van der Waals surface area contributed by atoms with Crippen molar-refractivity contribution in [1.29, 1.82) is 0 Å². The number of aldehydes is 1. The molecule has 0 amide bonds. The van der Waals surface area contributed by atoms with Gasteiger partial charge in [-0.2, -0.15) is 0 Å². The van der Waals surface area contributed by atoms with Crippen LogP contribution in [0.15, 0.2) is 0 Å². The van der Waals surface area contributed by atoms with Crippen LogP contribution in [0.4, 0.5) is 0 Å². The molecular weight excluding hydrogens is 212 g/mol. The summed E-state index contributed by atoms with van der Waals surface area (Å²) in [6, 6.07) is 0. The average molecular weight is 234 g/mol. The van der Waals surface area contributed by atoms with Crippen LogP contribution in [0.2, 0.25) is 0 Å². The summed E-state index contributed by atoms with van der Waals surface area (Å²) in [5, 5.41) is 0. The number of rotatable bonds is 3. The Labute approximate surface area is 103 Å². The standard InChI is InChI=1S/C15H22O2/c1-14(2,9-16)13(17)15-6-10-3-11(7-15)5-12(4-10)8-15/h9-12H,3-8H2,1-2H3. The third-order valence-electron chi connectivity index (χ3n) is 5.40. The summed E-state index contributed by atoms with van der Waals surface area (Å²) in [5.41, 5.74) is -0.898. The molecule has 0 N–H and O–H groups in total. The Hall–Kier alpha value is -0.660. The van der Waals surface area contributed by atoms with Crippen molar-refractivity contribution in [3.05, 3.63) is 0 Å². The Bertz CT molecular complexity index is 332. The summed E-state index contributed by atoms with van der Waals surface area (Å²) in [7, 11) is 0. The number of ketones is 1. The van der Waals surface area contributed by atoms with Crippen molar-refractivity contribution in [3.63, 3.8) is 0 Å². The van der Waals surface area contributed by atoms with Gasteiger partial charge in [-0.3, -0.25) is 4.79 Å². The van der Waals surface area contributed by atoms with Crippen LogP contribution in [0.5, 0.6) is 0 Å². The van der Waals surface area contributed by atoms with Gasteiger partial charge in [-0.25, -0.2) is 0 Å². The molecule has 4 saturated carbocycles. The highest BCUT2D eigenvalue weighted by atomic mass is 16.1. The quantitative estimate of drug-likeness (QED) is 0.555. The van der Waals surface area contributed by atoms with Gasteiger partial charge in [-0.05, 0) is 70.1 Å². The number of hydrogen-bond acceptors (Lipinski definition) is 2. The molecule has 17 heavy (non-hydrogen) atoms. The molecule has 4 aliphatic rings. The summed E-state index contributed by atoms with van der Waals surface area (Å²) >= 11 is 0. The molecule has 0 unspecified atom stereocenters. The van der Waals surface area contributed by atoms with Crippen molar-refractivity contribution in [2.24, 2.45) is 28.6 Å². The van der Waals surface area contributed by atoms with E-state index in [1.54, 1.807) is 13.8 Å². The van der Waals surface area contributed by atoms with Gasteiger partial charge in [0.15, 0.2) is 5.78 Å². The fourth-order valence-corrected chi connectivity index (χ4v) is 5.13. The van der Waals surface area contributed by atoms with E-state index >= 15 is 0 Å². The molecule has 4 aliphatic carbocycles. The largest absolute Gasteiger partial charge is 0.302 e. The number of hydrogen-bond donors (Lipinski definition) is 0. The predicted molar refractivity (Wildman–Crippen MR) is 65.5 cm³/mol. The van der Waals surface area contributed by atoms with E-state index < -0.39 is 5.41 Å². The first kappa shape index (κ1) is 11.4. The smallest absolute Gasteiger partial charge is 0.151 e. The van der Waals surface area contributed by atoms with Gasteiger partial charge in [0.25, 0.3) is 0 Å². The second-order valence-corrected chi connectivity index (χ2v) is 7.37. The summed E-state index contributed by atoms with van der Waals surface area (Å²) in [4.78, 5) is 23.9. The van der Waals surface area contributed by atoms with Gasteiger partial charge in [0.05, 0.1) is 5.41 Å². The van der Waals surface area contributed by atoms with E-state index in [4.69, 9.17) is 0 Å². The lowest BCUT2D eigenvalue weighted by atomic mass is 9.47. The third kappa shape index (κ3) is 1.60. The predicted octanol–water partition coefficient (Wildman–Crippen LogP) is 3.00. The molecule has 0 aromatic rings. The van der Waals surface area contributed by atoms with Crippen molar-refractivity contribution in [2.75, 3.05) is 0 Å². The van der Waals surface area contributed by atoms with Crippen molar-refractivity contribution in [2.45, 2.75) is 52.4 Å². The van der Waals surface area contributed by atoms with Crippen molar-refractivity contribution in [1.82, 2.24) is 0 Å². The van der Waals surface area contributed by atoms with Crippen molar-refractivity contribution < 1.29 is 9.59 Å². The Balaban J connectivity index is 1.92. The van der Waals surface area contributed by atoms with Crippen LogP contribution in [0.25, 0.3) is 0 Å². The minimum Gasteiger partial charge on any atom is -0.302 e. The second-order valence-electron chi connectivity index (χ2n) is 7.37. The summed E-state index contributed by atoms with van der Waals surface area (Å²) in [6.45, 7) is 3.59.